The predicted molar refractivity (Wildman–Crippen MR) is 71.2 cm³/mol. The maximum Gasteiger partial charge on any atom is 0.307 e. The van der Waals surface area contributed by atoms with E-state index in [0.29, 0.717) is 19.6 Å². The molecule has 100 valence electrons. The van der Waals surface area contributed by atoms with Crippen LogP contribution in [0.2, 0.25) is 0 Å². The Morgan fingerprint density at radius 1 is 1.39 bits per heavy atom. The lowest BCUT2D eigenvalue weighted by Crippen LogP contribution is -2.26. The van der Waals surface area contributed by atoms with Crippen molar-refractivity contribution in [1.29, 1.82) is 0 Å². The van der Waals surface area contributed by atoms with Crippen molar-refractivity contribution >= 4 is 5.97 Å². The van der Waals surface area contributed by atoms with Gasteiger partial charge in [0.15, 0.2) is 0 Å². The Morgan fingerprint density at radius 2 is 2.17 bits per heavy atom. The highest BCUT2D eigenvalue weighted by molar-refractivity contribution is 5.69. The maximum atomic E-state index is 11.3. The third-order valence-corrected chi connectivity index (χ3v) is 2.72. The molecule has 0 aliphatic rings. The number of ether oxygens (including phenoxy) is 1. The number of aromatic nitrogens is 1. The highest BCUT2D eigenvalue weighted by Gasteiger charge is 2.08. The number of esters is 1. The molecule has 0 fully saturated rings. The topological polar surface area (TPSA) is 42.4 Å². The van der Waals surface area contributed by atoms with Gasteiger partial charge < -0.3 is 4.74 Å². The van der Waals surface area contributed by atoms with Crippen LogP contribution < -0.4 is 0 Å². The van der Waals surface area contributed by atoms with Gasteiger partial charge in [-0.05, 0) is 32.5 Å². The van der Waals surface area contributed by atoms with Crippen molar-refractivity contribution in [2.45, 2.75) is 33.7 Å². The molecule has 0 saturated heterocycles. The molecule has 1 rings (SSSR count). The van der Waals surface area contributed by atoms with E-state index in [1.165, 1.54) is 0 Å². The number of hydrogen-bond acceptors (Lipinski definition) is 4. The monoisotopic (exact) mass is 250 g/mol. The van der Waals surface area contributed by atoms with Crippen LogP contribution in [0.1, 0.15) is 31.7 Å². The summed E-state index contributed by atoms with van der Waals surface area (Å²) in [6.07, 6.45) is 0.438. The number of pyridine rings is 1. The van der Waals surface area contributed by atoms with Crippen molar-refractivity contribution in [1.82, 2.24) is 9.88 Å². The third-order valence-electron chi connectivity index (χ3n) is 2.72. The molecule has 0 radical (unpaired) electrons. The minimum atomic E-state index is -0.131. The van der Waals surface area contributed by atoms with Crippen LogP contribution in [0.3, 0.4) is 0 Å². The summed E-state index contributed by atoms with van der Waals surface area (Å²) in [6.45, 7) is 8.73. The van der Waals surface area contributed by atoms with Crippen LogP contribution in [0, 0.1) is 6.92 Å². The minimum absolute atomic E-state index is 0.131. The minimum Gasteiger partial charge on any atom is -0.466 e. The van der Waals surface area contributed by atoms with Gasteiger partial charge in [0, 0.05) is 18.8 Å². The number of aryl methyl sites for hydroxylation is 1. The Kier molecular flexibility index (Phi) is 6.36. The Labute approximate surface area is 109 Å². The second-order valence-corrected chi connectivity index (χ2v) is 4.19. The van der Waals surface area contributed by atoms with Gasteiger partial charge in [-0.25, -0.2) is 0 Å². The Bertz CT molecular complexity index is 380. The van der Waals surface area contributed by atoms with Gasteiger partial charge in [0.25, 0.3) is 0 Å². The van der Waals surface area contributed by atoms with E-state index >= 15 is 0 Å². The van der Waals surface area contributed by atoms with Gasteiger partial charge >= 0.3 is 5.97 Å². The van der Waals surface area contributed by atoms with Gasteiger partial charge in [0.1, 0.15) is 0 Å². The molecule has 0 N–H and O–H groups in total. The van der Waals surface area contributed by atoms with E-state index in [1.807, 2.05) is 32.0 Å². The van der Waals surface area contributed by atoms with Crippen LogP contribution >= 0.6 is 0 Å². The second kappa shape index (κ2) is 7.82. The van der Waals surface area contributed by atoms with Gasteiger partial charge in [0.2, 0.25) is 0 Å². The second-order valence-electron chi connectivity index (χ2n) is 4.19. The number of hydrogen-bond donors (Lipinski definition) is 0. The van der Waals surface area contributed by atoms with Crippen LogP contribution in [0.15, 0.2) is 18.2 Å². The Balaban J connectivity index is 2.44. The summed E-state index contributed by atoms with van der Waals surface area (Å²) in [7, 11) is 0. The highest BCUT2D eigenvalue weighted by atomic mass is 16.5. The summed E-state index contributed by atoms with van der Waals surface area (Å²) in [5.74, 6) is -0.131. The molecule has 0 bridgehead atoms. The van der Waals surface area contributed by atoms with Gasteiger partial charge in [0.05, 0.1) is 18.7 Å². The van der Waals surface area contributed by atoms with Crippen molar-refractivity contribution in [3.63, 3.8) is 0 Å². The zero-order chi connectivity index (χ0) is 13.4. The molecule has 0 aliphatic heterocycles. The van der Waals surface area contributed by atoms with Crippen molar-refractivity contribution in [2.75, 3.05) is 19.7 Å². The summed E-state index contributed by atoms with van der Waals surface area (Å²) in [5.41, 5.74) is 2.06. The number of rotatable bonds is 7. The van der Waals surface area contributed by atoms with E-state index < -0.39 is 0 Å². The molecule has 0 saturated carbocycles. The molecule has 18 heavy (non-hydrogen) atoms. The SMILES string of the molecule is CCOC(=O)CCN(CC)Cc1cccc(C)n1. The van der Waals surface area contributed by atoms with Gasteiger partial charge in [-0.1, -0.05) is 13.0 Å². The van der Waals surface area contributed by atoms with Gasteiger partial charge in [-0.2, -0.15) is 0 Å². The number of nitrogens with zero attached hydrogens (tertiary/aromatic N) is 2. The Hall–Kier alpha value is -1.42. The predicted octanol–water partition coefficient (Wildman–Crippen LogP) is 2.17. The first-order valence-electron chi connectivity index (χ1n) is 6.46. The summed E-state index contributed by atoms with van der Waals surface area (Å²) in [5, 5.41) is 0. The number of carbonyl (C=O) groups is 1. The van der Waals surface area contributed by atoms with E-state index in [9.17, 15) is 4.79 Å². The van der Waals surface area contributed by atoms with Crippen molar-refractivity contribution in [3.8, 4) is 0 Å². The van der Waals surface area contributed by atoms with Crippen LogP contribution in [-0.2, 0) is 16.1 Å². The fourth-order valence-electron chi connectivity index (χ4n) is 1.75. The summed E-state index contributed by atoms with van der Waals surface area (Å²) >= 11 is 0. The lowest BCUT2D eigenvalue weighted by Gasteiger charge is -2.19. The lowest BCUT2D eigenvalue weighted by atomic mass is 10.3. The first-order valence-corrected chi connectivity index (χ1v) is 6.46. The normalized spacial score (nSPS) is 10.7. The van der Waals surface area contributed by atoms with Gasteiger partial charge in [-0.3, -0.25) is 14.7 Å². The molecule has 4 heteroatoms. The highest BCUT2D eigenvalue weighted by Crippen LogP contribution is 2.04. The zero-order valence-electron chi connectivity index (χ0n) is 11.5. The van der Waals surface area contributed by atoms with Gasteiger partial charge in [-0.15, -0.1) is 0 Å². The molecule has 0 aromatic carbocycles. The molecule has 0 atom stereocenters. The van der Waals surface area contributed by atoms with Crippen LogP contribution in [0.25, 0.3) is 0 Å². The lowest BCUT2D eigenvalue weighted by molar-refractivity contribution is -0.143. The fraction of sp³-hybridized carbons (Fsp3) is 0.571. The van der Waals surface area contributed by atoms with Crippen LogP contribution in [0.4, 0.5) is 0 Å². The molecule has 1 aromatic heterocycles. The third kappa shape index (κ3) is 5.27. The number of carbonyl (C=O) groups excluding carboxylic acids is 1. The van der Waals surface area contributed by atoms with E-state index in [-0.39, 0.29) is 5.97 Å². The molecule has 1 aromatic rings. The Morgan fingerprint density at radius 3 is 2.78 bits per heavy atom. The first-order chi connectivity index (χ1) is 8.65. The average molecular weight is 250 g/mol. The maximum absolute atomic E-state index is 11.3. The summed E-state index contributed by atoms with van der Waals surface area (Å²) in [4.78, 5) is 18.0. The van der Waals surface area contributed by atoms with E-state index in [2.05, 4.69) is 16.8 Å². The van der Waals surface area contributed by atoms with E-state index in [1.54, 1.807) is 0 Å². The quantitative estimate of drug-likeness (QED) is 0.696. The molecule has 0 aliphatic carbocycles. The van der Waals surface area contributed by atoms with Crippen LogP contribution in [0.5, 0.6) is 0 Å². The van der Waals surface area contributed by atoms with Crippen molar-refractivity contribution in [3.05, 3.63) is 29.6 Å². The molecule has 1 heterocycles. The first kappa shape index (κ1) is 14.6. The van der Waals surface area contributed by atoms with Crippen LogP contribution in [-0.4, -0.2) is 35.5 Å². The molecule has 4 nitrogen and oxygen atoms in total. The molecule has 0 unspecified atom stereocenters. The molecular weight excluding hydrogens is 228 g/mol. The van der Waals surface area contributed by atoms with Crippen molar-refractivity contribution in [2.24, 2.45) is 0 Å². The summed E-state index contributed by atoms with van der Waals surface area (Å²) in [6, 6.07) is 6.01. The van der Waals surface area contributed by atoms with E-state index in [0.717, 1.165) is 24.5 Å². The smallest absolute Gasteiger partial charge is 0.307 e. The summed E-state index contributed by atoms with van der Waals surface area (Å²) < 4.78 is 4.92. The fourth-order valence-corrected chi connectivity index (χ4v) is 1.75. The zero-order valence-corrected chi connectivity index (χ0v) is 11.5. The largest absolute Gasteiger partial charge is 0.466 e. The standard InChI is InChI=1S/C14H22N2O2/c1-4-16(10-9-14(17)18-5-2)11-13-8-6-7-12(3)15-13/h6-8H,4-5,9-11H2,1-3H3. The average Bonchev–Trinajstić information content (AvgIpc) is 2.35. The van der Waals surface area contributed by atoms with E-state index in [4.69, 9.17) is 4.74 Å². The van der Waals surface area contributed by atoms with Crippen molar-refractivity contribution < 1.29 is 9.53 Å². The molecule has 0 amide bonds. The molecule has 0 spiro atoms. The molecular formula is C14H22N2O2.